The fraction of sp³-hybridized carbons (Fsp3) is 0.500. The molecule has 1 atom stereocenters. The van der Waals surface area contributed by atoms with Gasteiger partial charge in [-0.2, -0.15) is 16.1 Å². The number of hydrogen-bond acceptors (Lipinski definition) is 4. The molecule has 106 valence electrons. The summed E-state index contributed by atoms with van der Waals surface area (Å²) in [6, 6.07) is 4.91. The molecule has 19 heavy (non-hydrogen) atoms. The number of aliphatic hydroxyl groups is 1. The van der Waals surface area contributed by atoms with Gasteiger partial charge in [0.1, 0.15) is 0 Å². The number of benzene rings is 1. The Morgan fingerprint density at radius 1 is 1.53 bits per heavy atom. The van der Waals surface area contributed by atoms with E-state index < -0.39 is 10.0 Å². The number of thioether (sulfide) groups is 1. The molecule has 1 heterocycles. The standard InChI is InChI=1S/C12H16BrNO3S2/c1-9-7-14(4-5-18-9)19(16,17)12-6-10(8-15)2-3-11(12)13/h2-3,6,9,15H,4-5,7-8H2,1H3. The number of halogens is 1. The normalized spacial score (nSPS) is 21.5. The first-order chi connectivity index (χ1) is 8.95. The largest absolute Gasteiger partial charge is 0.392 e. The maximum Gasteiger partial charge on any atom is 0.244 e. The van der Waals surface area contributed by atoms with Crippen LogP contribution >= 0.6 is 27.7 Å². The van der Waals surface area contributed by atoms with Gasteiger partial charge in [0.2, 0.25) is 10.0 Å². The van der Waals surface area contributed by atoms with Gasteiger partial charge in [0.25, 0.3) is 0 Å². The molecule has 0 amide bonds. The summed E-state index contributed by atoms with van der Waals surface area (Å²) in [7, 11) is -3.50. The Kier molecular flexibility index (Phi) is 4.94. The zero-order chi connectivity index (χ0) is 14.0. The molecule has 1 aromatic carbocycles. The lowest BCUT2D eigenvalue weighted by atomic mass is 10.2. The highest BCUT2D eigenvalue weighted by molar-refractivity contribution is 9.10. The Morgan fingerprint density at radius 2 is 2.26 bits per heavy atom. The van der Waals surface area contributed by atoms with Crippen molar-refractivity contribution in [3.8, 4) is 0 Å². The first-order valence-corrected chi connectivity index (χ1v) is 9.24. The quantitative estimate of drug-likeness (QED) is 0.890. The number of sulfonamides is 1. The van der Waals surface area contributed by atoms with Crippen molar-refractivity contribution in [2.75, 3.05) is 18.8 Å². The van der Waals surface area contributed by atoms with Crippen LogP contribution in [0.25, 0.3) is 0 Å². The van der Waals surface area contributed by atoms with Crippen LogP contribution in [0, 0.1) is 0 Å². The van der Waals surface area contributed by atoms with Crippen LogP contribution in [0.4, 0.5) is 0 Å². The van der Waals surface area contributed by atoms with Crippen molar-refractivity contribution in [1.29, 1.82) is 0 Å². The molecule has 4 nitrogen and oxygen atoms in total. The van der Waals surface area contributed by atoms with Gasteiger partial charge in [-0.05, 0) is 33.6 Å². The molecule has 7 heteroatoms. The van der Waals surface area contributed by atoms with E-state index in [2.05, 4.69) is 15.9 Å². The third-order valence-corrected chi connectivity index (χ3v) is 7.00. The van der Waals surface area contributed by atoms with Crippen LogP contribution in [0.1, 0.15) is 12.5 Å². The summed E-state index contributed by atoms with van der Waals surface area (Å²) in [5.74, 6) is 0.817. The van der Waals surface area contributed by atoms with Gasteiger partial charge in [0, 0.05) is 28.6 Å². The van der Waals surface area contributed by atoms with Crippen LogP contribution in [0.3, 0.4) is 0 Å². The van der Waals surface area contributed by atoms with Crippen LogP contribution in [-0.4, -0.2) is 41.9 Å². The predicted octanol–water partition coefficient (Wildman–Crippen LogP) is 2.07. The lowest BCUT2D eigenvalue weighted by Gasteiger charge is -2.30. The Hall–Kier alpha value is -0.0800. The van der Waals surface area contributed by atoms with Crippen molar-refractivity contribution in [3.05, 3.63) is 28.2 Å². The van der Waals surface area contributed by atoms with Crippen molar-refractivity contribution in [3.63, 3.8) is 0 Å². The van der Waals surface area contributed by atoms with Crippen molar-refractivity contribution in [2.24, 2.45) is 0 Å². The molecule has 1 unspecified atom stereocenters. The van der Waals surface area contributed by atoms with Gasteiger partial charge in [-0.15, -0.1) is 0 Å². The average Bonchev–Trinajstić information content (AvgIpc) is 2.39. The third kappa shape index (κ3) is 3.33. The zero-order valence-corrected chi connectivity index (χ0v) is 13.8. The second-order valence-corrected chi connectivity index (χ2v) is 8.77. The summed E-state index contributed by atoms with van der Waals surface area (Å²) in [5.41, 5.74) is 0.598. The van der Waals surface area contributed by atoms with Gasteiger partial charge < -0.3 is 5.11 Å². The minimum absolute atomic E-state index is 0.165. The van der Waals surface area contributed by atoms with E-state index in [-0.39, 0.29) is 11.5 Å². The topological polar surface area (TPSA) is 57.6 Å². The molecule has 0 aliphatic carbocycles. The molecule has 0 radical (unpaired) electrons. The molecule has 1 aliphatic rings. The fourth-order valence-corrected chi connectivity index (χ4v) is 5.72. The highest BCUT2D eigenvalue weighted by atomic mass is 79.9. The highest BCUT2D eigenvalue weighted by Crippen LogP contribution is 2.29. The summed E-state index contributed by atoms with van der Waals surface area (Å²) < 4.78 is 27.3. The van der Waals surface area contributed by atoms with Crippen molar-refractivity contribution < 1.29 is 13.5 Å². The Bertz CT molecular complexity index is 562. The van der Waals surface area contributed by atoms with Gasteiger partial charge in [-0.3, -0.25) is 0 Å². The lowest BCUT2D eigenvalue weighted by molar-refractivity contribution is 0.281. The Morgan fingerprint density at radius 3 is 2.89 bits per heavy atom. The van der Waals surface area contributed by atoms with Gasteiger partial charge in [0.15, 0.2) is 0 Å². The second kappa shape index (κ2) is 6.13. The molecule has 1 saturated heterocycles. The molecule has 0 bridgehead atoms. The van der Waals surface area contributed by atoms with Crippen LogP contribution in [0.2, 0.25) is 0 Å². The summed E-state index contributed by atoms with van der Waals surface area (Å²) in [6.07, 6.45) is 0. The molecule has 0 spiro atoms. The van der Waals surface area contributed by atoms with E-state index in [1.807, 2.05) is 6.92 Å². The SMILES string of the molecule is CC1CN(S(=O)(=O)c2cc(CO)ccc2Br)CCS1. The van der Waals surface area contributed by atoms with Crippen molar-refractivity contribution in [1.82, 2.24) is 4.31 Å². The van der Waals surface area contributed by atoms with E-state index in [0.29, 0.717) is 28.4 Å². The highest BCUT2D eigenvalue weighted by Gasteiger charge is 2.30. The van der Waals surface area contributed by atoms with Crippen molar-refractivity contribution in [2.45, 2.75) is 23.7 Å². The lowest BCUT2D eigenvalue weighted by Crippen LogP contribution is -2.41. The zero-order valence-electron chi connectivity index (χ0n) is 10.5. The van der Waals surface area contributed by atoms with E-state index in [0.717, 1.165) is 5.75 Å². The maximum absolute atomic E-state index is 12.6. The monoisotopic (exact) mass is 365 g/mol. The molecule has 1 aromatic rings. The Balaban J connectivity index is 2.38. The van der Waals surface area contributed by atoms with Gasteiger partial charge in [-0.1, -0.05) is 13.0 Å². The summed E-state index contributed by atoms with van der Waals surface area (Å²) >= 11 is 5.07. The molecular formula is C12H16BrNO3S2. The minimum Gasteiger partial charge on any atom is -0.392 e. The van der Waals surface area contributed by atoms with E-state index in [1.54, 1.807) is 23.9 Å². The second-order valence-electron chi connectivity index (χ2n) is 4.47. The number of rotatable bonds is 3. The molecule has 1 fully saturated rings. The number of aliphatic hydroxyl groups excluding tert-OH is 1. The molecular weight excluding hydrogens is 350 g/mol. The molecule has 1 N–H and O–H groups in total. The minimum atomic E-state index is -3.50. The maximum atomic E-state index is 12.6. The first-order valence-electron chi connectivity index (χ1n) is 5.96. The summed E-state index contributed by atoms with van der Waals surface area (Å²) in [5, 5.41) is 9.45. The fourth-order valence-electron chi connectivity index (χ4n) is 1.99. The number of hydrogen-bond donors (Lipinski definition) is 1. The van der Waals surface area contributed by atoms with E-state index >= 15 is 0 Å². The van der Waals surface area contributed by atoms with Gasteiger partial charge in [-0.25, -0.2) is 8.42 Å². The average molecular weight is 366 g/mol. The molecule has 0 saturated carbocycles. The predicted molar refractivity (Wildman–Crippen MR) is 80.7 cm³/mol. The molecule has 1 aliphatic heterocycles. The van der Waals surface area contributed by atoms with Crippen molar-refractivity contribution >= 4 is 37.7 Å². The van der Waals surface area contributed by atoms with Gasteiger partial charge in [0.05, 0.1) is 11.5 Å². The smallest absolute Gasteiger partial charge is 0.244 e. The third-order valence-electron chi connectivity index (χ3n) is 3.00. The van der Waals surface area contributed by atoms with E-state index in [1.165, 1.54) is 10.4 Å². The van der Waals surface area contributed by atoms with Crippen LogP contribution in [0.15, 0.2) is 27.6 Å². The first kappa shape index (κ1) is 15.3. The molecule has 2 rings (SSSR count). The van der Waals surface area contributed by atoms with Crippen LogP contribution < -0.4 is 0 Å². The van der Waals surface area contributed by atoms with E-state index in [4.69, 9.17) is 5.11 Å². The van der Waals surface area contributed by atoms with E-state index in [9.17, 15) is 8.42 Å². The summed E-state index contributed by atoms with van der Waals surface area (Å²) in [6.45, 7) is 2.93. The van der Waals surface area contributed by atoms with Crippen LogP contribution in [-0.2, 0) is 16.6 Å². The number of nitrogens with zero attached hydrogens (tertiary/aromatic N) is 1. The van der Waals surface area contributed by atoms with Gasteiger partial charge >= 0.3 is 0 Å². The molecule has 0 aromatic heterocycles. The van der Waals surface area contributed by atoms with Crippen LogP contribution in [0.5, 0.6) is 0 Å². The summed E-state index contributed by atoms with van der Waals surface area (Å²) in [4.78, 5) is 0.234. The Labute approximate surface area is 126 Å².